The number of aromatic nitrogens is 1. The number of carboxylic acid groups (broad SMARTS) is 1. The van der Waals surface area contributed by atoms with Crippen LogP contribution in [-0.2, 0) is 0 Å². The van der Waals surface area contributed by atoms with E-state index in [0.717, 1.165) is 0 Å². The van der Waals surface area contributed by atoms with Crippen molar-refractivity contribution in [2.45, 2.75) is 6.92 Å². The lowest BCUT2D eigenvalue weighted by atomic mass is 10.1. The molecule has 0 saturated carbocycles. The van der Waals surface area contributed by atoms with Crippen molar-refractivity contribution in [3.63, 3.8) is 0 Å². The van der Waals surface area contributed by atoms with E-state index in [1.807, 2.05) is 6.92 Å². The van der Waals surface area contributed by atoms with Gasteiger partial charge in [-0.05, 0) is 31.2 Å². The number of amides is 1. The zero-order chi connectivity index (χ0) is 14.5. The molecule has 0 unspecified atom stereocenters. The molecule has 0 aliphatic carbocycles. The van der Waals surface area contributed by atoms with Gasteiger partial charge in [0.25, 0.3) is 5.91 Å². The maximum atomic E-state index is 11.8. The molecular formula is C15H14N2O3. The Morgan fingerprint density at radius 3 is 2.70 bits per heavy atom. The number of carboxylic acids is 1. The Morgan fingerprint density at radius 1 is 1.20 bits per heavy atom. The Hall–Kier alpha value is -2.69. The molecule has 5 nitrogen and oxygen atoms in total. The molecular weight excluding hydrogens is 256 g/mol. The van der Waals surface area contributed by atoms with Gasteiger partial charge in [-0.1, -0.05) is 12.1 Å². The third-order valence-corrected chi connectivity index (χ3v) is 2.76. The summed E-state index contributed by atoms with van der Waals surface area (Å²) in [5.74, 6) is -1.17. The van der Waals surface area contributed by atoms with Crippen molar-refractivity contribution in [2.75, 3.05) is 6.54 Å². The van der Waals surface area contributed by atoms with Crippen LogP contribution in [0, 0.1) is 0 Å². The Bertz CT molecular complexity index is 653. The van der Waals surface area contributed by atoms with Crippen LogP contribution in [0.25, 0.3) is 11.3 Å². The van der Waals surface area contributed by atoms with Gasteiger partial charge < -0.3 is 10.4 Å². The number of aromatic carboxylic acids is 1. The second-order valence-corrected chi connectivity index (χ2v) is 4.18. The topological polar surface area (TPSA) is 79.3 Å². The first kappa shape index (κ1) is 13.7. The van der Waals surface area contributed by atoms with Crippen LogP contribution >= 0.6 is 0 Å². The average molecular weight is 270 g/mol. The number of carbonyl (C=O) groups is 2. The second-order valence-electron chi connectivity index (χ2n) is 4.18. The largest absolute Gasteiger partial charge is 0.478 e. The van der Waals surface area contributed by atoms with Crippen LogP contribution in [0.1, 0.15) is 27.6 Å². The summed E-state index contributed by atoms with van der Waals surface area (Å²) in [6, 6.07) is 9.85. The fourth-order valence-corrected chi connectivity index (χ4v) is 1.80. The van der Waals surface area contributed by atoms with Gasteiger partial charge in [-0.25, -0.2) is 4.79 Å². The molecule has 20 heavy (non-hydrogen) atoms. The SMILES string of the molecule is CCNC(=O)c1cccc(-c2cc(C(=O)O)ccn2)c1. The maximum Gasteiger partial charge on any atom is 0.335 e. The molecule has 2 rings (SSSR count). The fourth-order valence-electron chi connectivity index (χ4n) is 1.80. The highest BCUT2D eigenvalue weighted by atomic mass is 16.4. The van der Waals surface area contributed by atoms with Gasteiger partial charge in [-0.15, -0.1) is 0 Å². The van der Waals surface area contributed by atoms with E-state index < -0.39 is 5.97 Å². The first-order chi connectivity index (χ1) is 9.61. The van der Waals surface area contributed by atoms with Gasteiger partial charge >= 0.3 is 5.97 Å². The molecule has 1 amide bonds. The zero-order valence-electron chi connectivity index (χ0n) is 11.0. The summed E-state index contributed by atoms with van der Waals surface area (Å²) in [4.78, 5) is 26.9. The molecule has 0 bridgehead atoms. The van der Waals surface area contributed by atoms with E-state index in [4.69, 9.17) is 5.11 Å². The third-order valence-electron chi connectivity index (χ3n) is 2.76. The number of hydrogen-bond acceptors (Lipinski definition) is 3. The van der Waals surface area contributed by atoms with Gasteiger partial charge in [0, 0.05) is 23.9 Å². The lowest BCUT2D eigenvalue weighted by molar-refractivity contribution is 0.0696. The first-order valence-corrected chi connectivity index (χ1v) is 6.20. The normalized spacial score (nSPS) is 10.1. The molecule has 0 saturated heterocycles. The number of rotatable bonds is 4. The van der Waals surface area contributed by atoms with Crippen molar-refractivity contribution in [3.8, 4) is 11.3 Å². The quantitative estimate of drug-likeness (QED) is 0.892. The van der Waals surface area contributed by atoms with Crippen molar-refractivity contribution in [2.24, 2.45) is 0 Å². The molecule has 2 aromatic rings. The minimum absolute atomic E-state index is 0.163. The van der Waals surface area contributed by atoms with Crippen molar-refractivity contribution in [3.05, 3.63) is 53.7 Å². The molecule has 0 radical (unpaired) electrons. The highest BCUT2D eigenvalue weighted by Gasteiger charge is 2.09. The van der Waals surface area contributed by atoms with Crippen LogP contribution in [-0.4, -0.2) is 28.5 Å². The van der Waals surface area contributed by atoms with Gasteiger partial charge in [0.1, 0.15) is 0 Å². The van der Waals surface area contributed by atoms with E-state index in [0.29, 0.717) is 23.4 Å². The minimum atomic E-state index is -1.01. The molecule has 0 spiro atoms. The number of nitrogens with zero attached hydrogens (tertiary/aromatic N) is 1. The van der Waals surface area contributed by atoms with Crippen molar-refractivity contribution < 1.29 is 14.7 Å². The Kier molecular flexibility index (Phi) is 4.10. The molecule has 1 aromatic heterocycles. The average Bonchev–Trinajstić information content (AvgIpc) is 2.48. The second kappa shape index (κ2) is 5.97. The number of pyridine rings is 1. The van der Waals surface area contributed by atoms with Crippen molar-refractivity contribution >= 4 is 11.9 Å². The summed E-state index contributed by atoms with van der Waals surface area (Å²) in [5.41, 5.74) is 1.91. The van der Waals surface area contributed by atoms with Gasteiger partial charge in [0.2, 0.25) is 0 Å². The zero-order valence-corrected chi connectivity index (χ0v) is 11.0. The van der Waals surface area contributed by atoms with Crippen molar-refractivity contribution in [1.82, 2.24) is 10.3 Å². The molecule has 2 N–H and O–H groups in total. The van der Waals surface area contributed by atoms with Crippen LogP contribution in [0.2, 0.25) is 0 Å². The summed E-state index contributed by atoms with van der Waals surface area (Å²) in [6.07, 6.45) is 1.44. The van der Waals surface area contributed by atoms with E-state index in [1.165, 1.54) is 18.3 Å². The van der Waals surface area contributed by atoms with Crippen LogP contribution in [0.15, 0.2) is 42.6 Å². The van der Waals surface area contributed by atoms with E-state index in [9.17, 15) is 9.59 Å². The van der Waals surface area contributed by atoms with Crippen molar-refractivity contribution in [1.29, 1.82) is 0 Å². The predicted octanol–water partition coefficient (Wildman–Crippen LogP) is 2.20. The maximum absolute atomic E-state index is 11.8. The minimum Gasteiger partial charge on any atom is -0.478 e. The number of carbonyl (C=O) groups excluding carboxylic acids is 1. The molecule has 0 aliphatic heterocycles. The Morgan fingerprint density at radius 2 is 2.00 bits per heavy atom. The molecule has 0 atom stereocenters. The molecule has 102 valence electrons. The van der Waals surface area contributed by atoms with E-state index in [1.54, 1.807) is 24.3 Å². The first-order valence-electron chi connectivity index (χ1n) is 6.20. The molecule has 0 fully saturated rings. The molecule has 1 heterocycles. The fraction of sp³-hybridized carbons (Fsp3) is 0.133. The van der Waals surface area contributed by atoms with E-state index in [-0.39, 0.29) is 11.5 Å². The van der Waals surface area contributed by atoms with E-state index >= 15 is 0 Å². The summed E-state index contributed by atoms with van der Waals surface area (Å²) in [6.45, 7) is 2.40. The molecule has 1 aromatic carbocycles. The third kappa shape index (κ3) is 3.00. The Balaban J connectivity index is 2.38. The van der Waals surface area contributed by atoms with E-state index in [2.05, 4.69) is 10.3 Å². The lowest BCUT2D eigenvalue weighted by Gasteiger charge is -2.06. The van der Waals surface area contributed by atoms with Gasteiger partial charge in [-0.2, -0.15) is 0 Å². The summed E-state index contributed by atoms with van der Waals surface area (Å²) in [5, 5.41) is 11.7. The van der Waals surface area contributed by atoms with Crippen LogP contribution in [0.5, 0.6) is 0 Å². The smallest absolute Gasteiger partial charge is 0.335 e. The van der Waals surface area contributed by atoms with Crippen LogP contribution in [0.4, 0.5) is 0 Å². The number of nitrogens with one attached hydrogen (secondary N) is 1. The number of benzene rings is 1. The highest BCUT2D eigenvalue weighted by Crippen LogP contribution is 2.19. The van der Waals surface area contributed by atoms with Crippen LogP contribution < -0.4 is 5.32 Å². The summed E-state index contributed by atoms with van der Waals surface area (Å²) in [7, 11) is 0. The standard InChI is InChI=1S/C15H14N2O3/c1-2-16-14(18)11-5-3-4-10(8-11)13-9-12(15(19)20)6-7-17-13/h3-9H,2H2,1H3,(H,16,18)(H,19,20). The van der Waals surface area contributed by atoms with Crippen LogP contribution in [0.3, 0.4) is 0 Å². The Labute approximate surface area is 116 Å². The molecule has 0 aliphatic rings. The van der Waals surface area contributed by atoms with Gasteiger partial charge in [0.05, 0.1) is 11.3 Å². The predicted molar refractivity (Wildman–Crippen MR) is 74.6 cm³/mol. The van der Waals surface area contributed by atoms with Gasteiger partial charge in [0.15, 0.2) is 0 Å². The monoisotopic (exact) mass is 270 g/mol. The summed E-state index contributed by atoms with van der Waals surface area (Å²) < 4.78 is 0. The lowest BCUT2D eigenvalue weighted by Crippen LogP contribution is -2.22. The summed E-state index contributed by atoms with van der Waals surface area (Å²) >= 11 is 0. The highest BCUT2D eigenvalue weighted by molar-refractivity contribution is 5.95. The van der Waals surface area contributed by atoms with Gasteiger partial charge in [-0.3, -0.25) is 9.78 Å². The number of hydrogen-bond donors (Lipinski definition) is 2. The molecule has 5 heteroatoms.